The van der Waals surface area contributed by atoms with Crippen molar-refractivity contribution in [1.82, 2.24) is 9.97 Å². The molecule has 2 rings (SSSR count). The Morgan fingerprint density at radius 3 is 2.94 bits per heavy atom. The van der Waals surface area contributed by atoms with E-state index in [0.29, 0.717) is 28.5 Å². The van der Waals surface area contributed by atoms with Crippen LogP contribution in [0.25, 0.3) is 0 Å². The quantitative estimate of drug-likeness (QED) is 0.430. The monoisotopic (exact) mass is 265 g/mol. The minimum absolute atomic E-state index is 0.297. The highest BCUT2D eigenvalue weighted by atomic mass is 32.2. The van der Waals surface area contributed by atoms with Gasteiger partial charge in [-0.1, -0.05) is 30.8 Å². The highest BCUT2D eigenvalue weighted by Gasteiger charge is 2.14. The highest BCUT2D eigenvalue weighted by molar-refractivity contribution is 7.99. The molecule has 1 aromatic rings. The fourth-order valence-corrected chi connectivity index (χ4v) is 2.47. The minimum atomic E-state index is 0.297. The Morgan fingerprint density at radius 1 is 1.44 bits per heavy atom. The number of nitrogens with one attached hydrogen (secondary N) is 1. The van der Waals surface area contributed by atoms with Crippen LogP contribution in [0.1, 0.15) is 26.2 Å². The van der Waals surface area contributed by atoms with Crippen molar-refractivity contribution in [2.24, 2.45) is 0 Å². The van der Waals surface area contributed by atoms with Crippen molar-refractivity contribution < 1.29 is 0 Å². The molecule has 0 fully saturated rings. The molecule has 0 spiro atoms. The molecule has 1 aliphatic rings. The number of allylic oxidation sites excluding steroid dienone is 1. The molecule has 0 bridgehead atoms. The summed E-state index contributed by atoms with van der Waals surface area (Å²) < 4.78 is 0. The van der Waals surface area contributed by atoms with E-state index in [1.807, 2.05) is 0 Å². The number of thioether (sulfide) groups is 1. The van der Waals surface area contributed by atoms with E-state index in [4.69, 9.17) is 11.5 Å². The Kier molecular flexibility index (Phi) is 4.30. The Hall–Kier alpha value is -1.43. The molecule has 18 heavy (non-hydrogen) atoms. The van der Waals surface area contributed by atoms with Gasteiger partial charge in [-0.3, -0.25) is 0 Å². The van der Waals surface area contributed by atoms with Gasteiger partial charge in [0, 0.05) is 11.8 Å². The SMILES string of the molecule is CCCSc1nc(N)c(N)c(NC2C=CCC2)n1. The molecule has 1 unspecified atom stereocenters. The molecule has 1 aliphatic carbocycles. The third-order valence-electron chi connectivity index (χ3n) is 2.72. The van der Waals surface area contributed by atoms with Crippen LogP contribution in [-0.2, 0) is 0 Å². The summed E-state index contributed by atoms with van der Waals surface area (Å²) >= 11 is 1.60. The van der Waals surface area contributed by atoms with Gasteiger partial charge < -0.3 is 16.8 Å². The fraction of sp³-hybridized carbons (Fsp3) is 0.500. The first kappa shape index (κ1) is 13.0. The molecule has 0 radical (unpaired) electrons. The third-order valence-corrected chi connectivity index (χ3v) is 3.78. The van der Waals surface area contributed by atoms with Gasteiger partial charge in [0.25, 0.3) is 0 Å². The normalized spacial score (nSPS) is 18.2. The largest absolute Gasteiger partial charge is 0.393 e. The van der Waals surface area contributed by atoms with Crippen LogP contribution in [-0.4, -0.2) is 21.8 Å². The van der Waals surface area contributed by atoms with E-state index in [-0.39, 0.29) is 0 Å². The number of hydrogen-bond acceptors (Lipinski definition) is 6. The van der Waals surface area contributed by atoms with Crippen LogP contribution >= 0.6 is 11.8 Å². The second kappa shape index (κ2) is 5.95. The summed E-state index contributed by atoms with van der Waals surface area (Å²) in [7, 11) is 0. The molecular weight excluding hydrogens is 246 g/mol. The summed E-state index contributed by atoms with van der Waals surface area (Å²) in [6.07, 6.45) is 7.53. The van der Waals surface area contributed by atoms with E-state index < -0.39 is 0 Å². The molecule has 1 heterocycles. The third kappa shape index (κ3) is 3.07. The Morgan fingerprint density at radius 2 is 2.28 bits per heavy atom. The predicted octanol–water partition coefficient (Wildman–Crippen LogP) is 2.27. The first-order chi connectivity index (χ1) is 8.70. The zero-order valence-electron chi connectivity index (χ0n) is 10.5. The van der Waals surface area contributed by atoms with Crippen LogP contribution in [0.5, 0.6) is 0 Å². The zero-order valence-corrected chi connectivity index (χ0v) is 11.3. The van der Waals surface area contributed by atoms with Crippen molar-refractivity contribution in [3.05, 3.63) is 12.2 Å². The molecule has 0 aromatic carbocycles. The van der Waals surface area contributed by atoms with Gasteiger partial charge in [-0.2, -0.15) is 0 Å². The van der Waals surface area contributed by atoms with Crippen LogP contribution < -0.4 is 16.8 Å². The van der Waals surface area contributed by atoms with Crippen molar-refractivity contribution in [3.63, 3.8) is 0 Å². The van der Waals surface area contributed by atoms with E-state index in [2.05, 4.69) is 34.4 Å². The van der Waals surface area contributed by atoms with Gasteiger partial charge in [-0.05, 0) is 19.3 Å². The van der Waals surface area contributed by atoms with E-state index in [9.17, 15) is 0 Å². The van der Waals surface area contributed by atoms with Crippen LogP contribution in [0.4, 0.5) is 17.3 Å². The van der Waals surface area contributed by atoms with Gasteiger partial charge in [0.1, 0.15) is 5.69 Å². The number of rotatable bonds is 5. The summed E-state index contributed by atoms with van der Waals surface area (Å²) in [5, 5.41) is 4.00. The maximum atomic E-state index is 5.91. The molecule has 0 saturated carbocycles. The van der Waals surface area contributed by atoms with Crippen molar-refractivity contribution in [2.75, 3.05) is 22.5 Å². The van der Waals surface area contributed by atoms with Crippen molar-refractivity contribution in [2.45, 2.75) is 37.4 Å². The number of nitrogens with zero attached hydrogens (tertiary/aromatic N) is 2. The highest BCUT2D eigenvalue weighted by Crippen LogP contribution is 2.27. The molecular formula is C12H19N5S. The molecule has 0 saturated heterocycles. The molecule has 0 amide bonds. The Bertz CT molecular complexity index is 446. The molecule has 98 valence electrons. The lowest BCUT2D eigenvalue weighted by Crippen LogP contribution is -2.17. The smallest absolute Gasteiger partial charge is 0.191 e. The zero-order chi connectivity index (χ0) is 13.0. The van der Waals surface area contributed by atoms with E-state index >= 15 is 0 Å². The summed E-state index contributed by atoms with van der Waals surface area (Å²) in [5.41, 5.74) is 12.2. The van der Waals surface area contributed by atoms with Gasteiger partial charge in [-0.25, -0.2) is 9.97 Å². The lowest BCUT2D eigenvalue weighted by molar-refractivity contribution is 0.814. The van der Waals surface area contributed by atoms with Crippen LogP contribution in [0.15, 0.2) is 17.3 Å². The summed E-state index contributed by atoms with van der Waals surface area (Å²) in [6.45, 7) is 2.12. The van der Waals surface area contributed by atoms with E-state index in [0.717, 1.165) is 25.0 Å². The molecule has 1 aromatic heterocycles. The lowest BCUT2D eigenvalue weighted by atomic mass is 10.2. The van der Waals surface area contributed by atoms with E-state index in [1.165, 1.54) is 0 Å². The van der Waals surface area contributed by atoms with Gasteiger partial charge in [0.2, 0.25) is 0 Å². The maximum Gasteiger partial charge on any atom is 0.191 e. The second-order valence-electron chi connectivity index (χ2n) is 4.26. The van der Waals surface area contributed by atoms with Crippen molar-refractivity contribution >= 4 is 29.1 Å². The van der Waals surface area contributed by atoms with E-state index in [1.54, 1.807) is 11.8 Å². The van der Waals surface area contributed by atoms with Crippen LogP contribution in [0, 0.1) is 0 Å². The summed E-state index contributed by atoms with van der Waals surface area (Å²) in [6, 6.07) is 0.297. The van der Waals surface area contributed by atoms with Crippen LogP contribution in [0.3, 0.4) is 0 Å². The van der Waals surface area contributed by atoms with Gasteiger partial charge >= 0.3 is 0 Å². The first-order valence-electron chi connectivity index (χ1n) is 6.19. The second-order valence-corrected chi connectivity index (χ2v) is 5.32. The lowest BCUT2D eigenvalue weighted by Gasteiger charge is -2.15. The molecule has 5 N–H and O–H groups in total. The first-order valence-corrected chi connectivity index (χ1v) is 7.18. The van der Waals surface area contributed by atoms with Gasteiger partial charge in [0.05, 0.1) is 0 Å². The number of aromatic nitrogens is 2. The minimum Gasteiger partial charge on any atom is -0.393 e. The summed E-state index contributed by atoms with van der Waals surface area (Å²) in [5.74, 6) is 1.98. The predicted molar refractivity (Wildman–Crippen MR) is 77.7 cm³/mol. The Labute approximate surface area is 111 Å². The summed E-state index contributed by atoms with van der Waals surface area (Å²) in [4.78, 5) is 8.63. The van der Waals surface area contributed by atoms with Gasteiger partial charge in [0.15, 0.2) is 16.8 Å². The number of anilines is 3. The molecule has 1 atom stereocenters. The molecule has 6 heteroatoms. The van der Waals surface area contributed by atoms with Gasteiger partial charge in [-0.15, -0.1) is 0 Å². The average molecular weight is 265 g/mol. The van der Waals surface area contributed by atoms with Crippen LogP contribution in [0.2, 0.25) is 0 Å². The average Bonchev–Trinajstić information content (AvgIpc) is 2.85. The topological polar surface area (TPSA) is 89.8 Å². The Balaban J connectivity index is 2.16. The number of nitrogens with two attached hydrogens (primary N) is 2. The van der Waals surface area contributed by atoms with Crippen molar-refractivity contribution in [1.29, 1.82) is 0 Å². The molecule has 0 aliphatic heterocycles. The number of hydrogen-bond donors (Lipinski definition) is 3. The van der Waals surface area contributed by atoms with Crippen molar-refractivity contribution in [3.8, 4) is 0 Å². The molecule has 5 nitrogen and oxygen atoms in total. The number of nitrogen functional groups attached to an aromatic ring is 2. The fourth-order valence-electron chi connectivity index (χ4n) is 1.76. The standard InChI is InChI=1S/C12H19N5S/c1-2-7-18-12-16-10(14)9(13)11(17-12)15-8-5-3-4-6-8/h3,5,8H,2,4,6-7,13H2,1H3,(H3,14,15,16,17). The maximum absolute atomic E-state index is 5.91.